The summed E-state index contributed by atoms with van der Waals surface area (Å²) < 4.78 is 0. The zero-order chi connectivity index (χ0) is 18.5. The van der Waals surface area contributed by atoms with Gasteiger partial charge in [0.2, 0.25) is 0 Å². The van der Waals surface area contributed by atoms with Crippen LogP contribution in [0.15, 0.2) is 24.3 Å². The van der Waals surface area contributed by atoms with Gasteiger partial charge in [0, 0.05) is 18.3 Å². The monoisotopic (exact) mass is 350 g/mol. The fourth-order valence-electron chi connectivity index (χ4n) is 3.37. The van der Waals surface area contributed by atoms with Gasteiger partial charge in [-0.3, -0.25) is 9.59 Å². The third-order valence-corrected chi connectivity index (χ3v) is 4.93. The van der Waals surface area contributed by atoms with Crippen LogP contribution in [0.2, 0.25) is 0 Å². The molecule has 0 saturated carbocycles. The summed E-state index contributed by atoms with van der Waals surface area (Å²) in [5, 5.41) is 19.0. The largest absolute Gasteiger partial charge is 0.481 e. The molecule has 0 aromatic carbocycles. The van der Waals surface area contributed by atoms with Crippen LogP contribution < -0.4 is 0 Å². The normalized spacial score (nSPS) is 21.3. The van der Waals surface area contributed by atoms with Crippen LogP contribution in [0.1, 0.15) is 77.6 Å². The van der Waals surface area contributed by atoms with E-state index in [0.717, 1.165) is 32.1 Å². The van der Waals surface area contributed by atoms with Crippen molar-refractivity contribution in [3.63, 3.8) is 0 Å². The van der Waals surface area contributed by atoms with Crippen molar-refractivity contribution in [2.75, 3.05) is 0 Å². The van der Waals surface area contributed by atoms with Crippen LogP contribution in [0.25, 0.3) is 0 Å². The summed E-state index contributed by atoms with van der Waals surface area (Å²) in [5.41, 5.74) is 0. The molecule has 4 heteroatoms. The molecule has 0 saturated heterocycles. The Balaban J connectivity index is 2.28. The lowest BCUT2D eigenvalue weighted by Crippen LogP contribution is -2.26. The molecule has 1 unspecified atom stereocenters. The minimum Gasteiger partial charge on any atom is -0.481 e. The molecule has 25 heavy (non-hydrogen) atoms. The molecule has 4 nitrogen and oxygen atoms in total. The van der Waals surface area contributed by atoms with E-state index in [1.165, 1.54) is 19.3 Å². The zero-order valence-corrected chi connectivity index (χ0v) is 15.5. The van der Waals surface area contributed by atoms with Crippen LogP contribution in [-0.2, 0) is 9.59 Å². The van der Waals surface area contributed by atoms with E-state index in [4.69, 9.17) is 5.11 Å². The maximum absolute atomic E-state index is 12.0. The van der Waals surface area contributed by atoms with Crippen LogP contribution in [0.5, 0.6) is 0 Å². The minimum atomic E-state index is -0.752. The number of carbonyl (C=O) groups is 2. The fourth-order valence-corrected chi connectivity index (χ4v) is 3.37. The Morgan fingerprint density at radius 3 is 2.64 bits per heavy atom. The van der Waals surface area contributed by atoms with Crippen molar-refractivity contribution in [3.05, 3.63) is 24.3 Å². The predicted octanol–water partition coefficient (Wildman–Crippen LogP) is 4.67. The number of carboxylic acid groups (broad SMARTS) is 1. The molecule has 0 heterocycles. The Labute approximate surface area is 152 Å². The average molecular weight is 350 g/mol. The maximum Gasteiger partial charge on any atom is 0.303 e. The lowest BCUT2D eigenvalue weighted by Gasteiger charge is -2.22. The summed E-state index contributed by atoms with van der Waals surface area (Å²) in [5.74, 6) is -0.833. The Morgan fingerprint density at radius 1 is 1.16 bits per heavy atom. The highest BCUT2D eigenvalue weighted by Gasteiger charge is 2.33. The third kappa shape index (κ3) is 9.01. The van der Waals surface area contributed by atoms with E-state index in [1.807, 2.05) is 18.2 Å². The molecule has 2 N–H and O–H groups in total. The molecule has 0 radical (unpaired) electrons. The van der Waals surface area contributed by atoms with Crippen LogP contribution in [0.3, 0.4) is 0 Å². The number of unbranched alkanes of at least 4 members (excludes halogenated alkanes) is 6. The second-order valence-corrected chi connectivity index (χ2v) is 7.06. The van der Waals surface area contributed by atoms with Crippen molar-refractivity contribution in [3.8, 4) is 0 Å². The molecule has 3 atom stereocenters. The van der Waals surface area contributed by atoms with Crippen molar-refractivity contribution >= 4 is 11.8 Å². The highest BCUT2D eigenvalue weighted by Crippen LogP contribution is 2.31. The second-order valence-electron chi connectivity index (χ2n) is 7.06. The number of carboxylic acids is 1. The Bertz CT molecular complexity index is 453. The number of rotatable bonds is 14. The highest BCUT2D eigenvalue weighted by molar-refractivity contribution is 5.94. The van der Waals surface area contributed by atoms with Gasteiger partial charge in [0.15, 0.2) is 5.78 Å². The molecule has 0 aliphatic heterocycles. The SMILES string of the molecule is CCCCCCCC(O)[C@H]1C=CC(=O)[C@@H]1CC=CCCCCC(=O)O. The van der Waals surface area contributed by atoms with Crippen LogP contribution in [-0.4, -0.2) is 28.1 Å². The first-order valence-corrected chi connectivity index (χ1v) is 9.83. The highest BCUT2D eigenvalue weighted by atomic mass is 16.4. The van der Waals surface area contributed by atoms with Gasteiger partial charge in [0.25, 0.3) is 0 Å². The first-order chi connectivity index (χ1) is 12.1. The Hall–Kier alpha value is -1.42. The summed E-state index contributed by atoms with van der Waals surface area (Å²) in [6.07, 6.45) is 17.0. The molecule has 0 aromatic heterocycles. The van der Waals surface area contributed by atoms with Crippen molar-refractivity contribution < 1.29 is 19.8 Å². The van der Waals surface area contributed by atoms with Crippen molar-refractivity contribution in [1.82, 2.24) is 0 Å². The fraction of sp³-hybridized carbons (Fsp3) is 0.714. The van der Waals surface area contributed by atoms with Crippen LogP contribution in [0.4, 0.5) is 0 Å². The Kier molecular flexibility index (Phi) is 11.1. The van der Waals surface area contributed by atoms with Gasteiger partial charge in [-0.1, -0.05) is 57.3 Å². The molecule has 1 aliphatic carbocycles. The average Bonchev–Trinajstić information content (AvgIpc) is 2.94. The number of allylic oxidation sites excluding steroid dienone is 3. The summed E-state index contributed by atoms with van der Waals surface area (Å²) in [4.78, 5) is 22.5. The van der Waals surface area contributed by atoms with Gasteiger partial charge in [0.05, 0.1) is 6.10 Å². The van der Waals surface area contributed by atoms with Gasteiger partial charge in [0.1, 0.15) is 0 Å². The van der Waals surface area contributed by atoms with Gasteiger partial charge in [-0.25, -0.2) is 0 Å². The van der Waals surface area contributed by atoms with Gasteiger partial charge < -0.3 is 10.2 Å². The van der Waals surface area contributed by atoms with E-state index in [0.29, 0.717) is 12.8 Å². The standard InChI is InChI=1S/C21H34O4/c1-2-3-4-6-10-13-19(22)18-15-16-20(23)17(18)12-9-7-5-8-11-14-21(24)25/h7,9,15-19,22H,2-6,8,10-14H2,1H3,(H,24,25)/t17-,18+,19?/m1/s1. The van der Waals surface area contributed by atoms with E-state index in [-0.39, 0.29) is 24.0 Å². The van der Waals surface area contributed by atoms with E-state index < -0.39 is 12.1 Å². The first kappa shape index (κ1) is 21.6. The van der Waals surface area contributed by atoms with Gasteiger partial charge in [-0.05, 0) is 38.2 Å². The van der Waals surface area contributed by atoms with E-state index in [1.54, 1.807) is 6.08 Å². The van der Waals surface area contributed by atoms with Gasteiger partial charge in [-0.15, -0.1) is 0 Å². The van der Waals surface area contributed by atoms with E-state index >= 15 is 0 Å². The molecule has 0 amide bonds. The number of aliphatic hydroxyl groups excluding tert-OH is 1. The zero-order valence-electron chi connectivity index (χ0n) is 15.5. The van der Waals surface area contributed by atoms with Crippen LogP contribution in [0, 0.1) is 11.8 Å². The van der Waals surface area contributed by atoms with Crippen LogP contribution >= 0.6 is 0 Å². The molecular weight excluding hydrogens is 316 g/mol. The van der Waals surface area contributed by atoms with Crippen molar-refractivity contribution in [1.29, 1.82) is 0 Å². The number of hydrogen-bond acceptors (Lipinski definition) is 3. The summed E-state index contributed by atoms with van der Waals surface area (Å²) in [7, 11) is 0. The Morgan fingerprint density at radius 2 is 1.92 bits per heavy atom. The molecule has 1 aliphatic rings. The predicted molar refractivity (Wildman–Crippen MR) is 100 cm³/mol. The third-order valence-electron chi connectivity index (χ3n) is 4.93. The van der Waals surface area contributed by atoms with E-state index in [9.17, 15) is 14.7 Å². The lowest BCUT2D eigenvalue weighted by molar-refractivity contribution is -0.137. The molecule has 142 valence electrons. The quantitative estimate of drug-likeness (QED) is 0.353. The number of hydrogen-bond donors (Lipinski definition) is 2. The number of aliphatic carboxylic acids is 1. The summed E-state index contributed by atoms with van der Waals surface area (Å²) >= 11 is 0. The number of ketones is 1. The lowest BCUT2D eigenvalue weighted by atomic mass is 9.85. The molecule has 0 spiro atoms. The topological polar surface area (TPSA) is 74.6 Å². The molecular formula is C21H34O4. The molecule has 1 rings (SSSR count). The number of aliphatic hydroxyl groups is 1. The minimum absolute atomic E-state index is 0.0599. The summed E-state index contributed by atoms with van der Waals surface area (Å²) in [6, 6.07) is 0. The molecule has 0 aromatic rings. The van der Waals surface area contributed by atoms with Crippen molar-refractivity contribution in [2.45, 2.75) is 83.7 Å². The maximum atomic E-state index is 12.0. The summed E-state index contributed by atoms with van der Waals surface area (Å²) in [6.45, 7) is 2.19. The first-order valence-electron chi connectivity index (χ1n) is 9.83. The van der Waals surface area contributed by atoms with E-state index in [2.05, 4.69) is 6.92 Å². The van der Waals surface area contributed by atoms with Gasteiger partial charge in [-0.2, -0.15) is 0 Å². The van der Waals surface area contributed by atoms with Gasteiger partial charge >= 0.3 is 5.97 Å². The second kappa shape index (κ2) is 12.9. The molecule has 0 fully saturated rings. The number of carbonyl (C=O) groups excluding carboxylic acids is 1. The molecule has 0 bridgehead atoms. The van der Waals surface area contributed by atoms with Crippen molar-refractivity contribution in [2.24, 2.45) is 11.8 Å². The smallest absolute Gasteiger partial charge is 0.303 e.